The molecular formula is C11H17FN2O. The van der Waals surface area contributed by atoms with E-state index < -0.39 is 0 Å². The van der Waals surface area contributed by atoms with Crippen LogP contribution in [0.25, 0.3) is 0 Å². The summed E-state index contributed by atoms with van der Waals surface area (Å²) in [6.07, 6.45) is 0. The lowest BCUT2D eigenvalue weighted by Gasteiger charge is -2.21. The molecular weight excluding hydrogens is 195 g/mol. The molecule has 0 bridgehead atoms. The second kappa shape index (κ2) is 5.09. The van der Waals surface area contributed by atoms with Crippen LogP contribution in [0.2, 0.25) is 0 Å². The van der Waals surface area contributed by atoms with Gasteiger partial charge in [0.2, 0.25) is 0 Å². The van der Waals surface area contributed by atoms with Crippen LogP contribution in [0.5, 0.6) is 0 Å². The van der Waals surface area contributed by atoms with Crippen molar-refractivity contribution in [1.82, 2.24) is 0 Å². The number of halogens is 1. The maximum absolute atomic E-state index is 13.1. The summed E-state index contributed by atoms with van der Waals surface area (Å²) >= 11 is 0. The number of hydrogen-bond donors (Lipinski definition) is 1. The fourth-order valence-electron chi connectivity index (χ4n) is 1.55. The molecule has 1 unspecified atom stereocenters. The third-order valence-corrected chi connectivity index (χ3v) is 2.35. The summed E-state index contributed by atoms with van der Waals surface area (Å²) in [5, 5.41) is 0. The Morgan fingerprint density at radius 1 is 1.47 bits per heavy atom. The molecule has 0 aliphatic heterocycles. The predicted octanol–water partition coefficient (Wildman–Crippen LogP) is 1.89. The lowest BCUT2D eigenvalue weighted by atomic mass is 9.99. The Balaban J connectivity index is 3.05. The van der Waals surface area contributed by atoms with Crippen LogP contribution < -0.4 is 10.8 Å². The predicted molar refractivity (Wildman–Crippen MR) is 59.3 cm³/mol. The molecule has 0 saturated carbocycles. The Hall–Kier alpha value is -1.13. The smallest absolute Gasteiger partial charge is 0.125 e. The van der Waals surface area contributed by atoms with Crippen LogP contribution in [0.1, 0.15) is 18.4 Å². The van der Waals surface area contributed by atoms with Gasteiger partial charge in [-0.25, -0.2) is 10.3 Å². The minimum absolute atomic E-state index is 0.146. The Morgan fingerprint density at radius 3 is 2.67 bits per heavy atom. The van der Waals surface area contributed by atoms with E-state index in [1.165, 1.54) is 12.1 Å². The Bertz CT molecular complexity index is 328. The topological polar surface area (TPSA) is 38.5 Å². The van der Waals surface area contributed by atoms with Crippen LogP contribution in [0, 0.1) is 5.82 Å². The third-order valence-electron chi connectivity index (χ3n) is 2.35. The molecule has 0 saturated heterocycles. The first-order valence-electron chi connectivity index (χ1n) is 4.84. The van der Waals surface area contributed by atoms with Crippen molar-refractivity contribution >= 4 is 5.69 Å². The summed E-state index contributed by atoms with van der Waals surface area (Å²) < 4.78 is 13.1. The number of hydrogen-bond acceptors (Lipinski definition) is 3. The zero-order valence-corrected chi connectivity index (χ0v) is 9.33. The van der Waals surface area contributed by atoms with Gasteiger partial charge in [-0.15, -0.1) is 0 Å². The second-order valence-electron chi connectivity index (χ2n) is 3.83. The quantitative estimate of drug-likeness (QED) is 0.774. The summed E-state index contributed by atoms with van der Waals surface area (Å²) in [6, 6.07) is 4.74. The molecule has 2 N–H and O–H groups in total. The molecule has 1 atom stereocenters. The molecule has 0 aliphatic carbocycles. The van der Waals surface area contributed by atoms with Gasteiger partial charge in [-0.3, -0.25) is 0 Å². The lowest BCUT2D eigenvalue weighted by molar-refractivity contribution is 0.127. The maximum atomic E-state index is 13.1. The van der Waals surface area contributed by atoms with E-state index in [-0.39, 0.29) is 11.7 Å². The SMILES string of the molecule is CC(CON)c1ccc(F)cc1N(C)C. The molecule has 1 aromatic carbocycles. The molecule has 0 aromatic heterocycles. The third kappa shape index (κ3) is 2.91. The molecule has 84 valence electrons. The van der Waals surface area contributed by atoms with Crippen LogP contribution in [0.4, 0.5) is 10.1 Å². The van der Waals surface area contributed by atoms with Crippen molar-refractivity contribution in [1.29, 1.82) is 0 Å². The highest BCUT2D eigenvalue weighted by Gasteiger charge is 2.12. The summed E-state index contributed by atoms with van der Waals surface area (Å²) in [7, 11) is 3.77. The van der Waals surface area contributed by atoms with Crippen LogP contribution in [-0.2, 0) is 4.84 Å². The molecule has 0 aliphatic rings. The zero-order chi connectivity index (χ0) is 11.4. The van der Waals surface area contributed by atoms with Crippen molar-refractivity contribution in [2.45, 2.75) is 12.8 Å². The van der Waals surface area contributed by atoms with Crippen LogP contribution in [0.15, 0.2) is 18.2 Å². The van der Waals surface area contributed by atoms with Gasteiger partial charge in [0.1, 0.15) is 5.82 Å². The highest BCUT2D eigenvalue weighted by molar-refractivity contribution is 5.54. The van der Waals surface area contributed by atoms with Crippen molar-refractivity contribution in [3.05, 3.63) is 29.6 Å². The molecule has 1 rings (SSSR count). The number of nitrogens with zero attached hydrogens (tertiary/aromatic N) is 1. The van der Waals surface area contributed by atoms with E-state index in [0.717, 1.165) is 11.3 Å². The fourth-order valence-corrected chi connectivity index (χ4v) is 1.55. The van der Waals surface area contributed by atoms with E-state index in [4.69, 9.17) is 5.90 Å². The van der Waals surface area contributed by atoms with E-state index in [9.17, 15) is 4.39 Å². The molecule has 0 spiro atoms. The summed E-state index contributed by atoms with van der Waals surface area (Å²) in [5.74, 6) is 4.95. The average Bonchev–Trinajstić information content (AvgIpc) is 2.17. The maximum Gasteiger partial charge on any atom is 0.125 e. The molecule has 0 heterocycles. The van der Waals surface area contributed by atoms with E-state index in [1.54, 1.807) is 6.07 Å². The van der Waals surface area contributed by atoms with Crippen molar-refractivity contribution in [2.24, 2.45) is 5.90 Å². The first-order valence-corrected chi connectivity index (χ1v) is 4.84. The van der Waals surface area contributed by atoms with Gasteiger partial charge in [-0.05, 0) is 17.7 Å². The monoisotopic (exact) mass is 212 g/mol. The van der Waals surface area contributed by atoms with Gasteiger partial charge in [0.15, 0.2) is 0 Å². The Morgan fingerprint density at radius 2 is 2.13 bits per heavy atom. The van der Waals surface area contributed by atoms with Gasteiger partial charge in [0, 0.05) is 25.7 Å². The van der Waals surface area contributed by atoms with E-state index >= 15 is 0 Å². The van der Waals surface area contributed by atoms with Gasteiger partial charge >= 0.3 is 0 Å². The van der Waals surface area contributed by atoms with Gasteiger partial charge in [0.05, 0.1) is 6.61 Å². The van der Waals surface area contributed by atoms with E-state index in [1.807, 2.05) is 25.9 Å². The standard InChI is InChI=1S/C11H17FN2O/c1-8(7-15-13)10-5-4-9(12)6-11(10)14(2)3/h4-6,8H,7,13H2,1-3H3. The van der Waals surface area contributed by atoms with Crippen LogP contribution >= 0.6 is 0 Å². The molecule has 1 aromatic rings. The Labute approximate surface area is 89.6 Å². The summed E-state index contributed by atoms with van der Waals surface area (Å²) in [5.41, 5.74) is 1.89. The first-order chi connectivity index (χ1) is 7.06. The number of nitrogens with two attached hydrogens (primary N) is 1. The van der Waals surface area contributed by atoms with E-state index in [2.05, 4.69) is 4.84 Å². The van der Waals surface area contributed by atoms with Gasteiger partial charge < -0.3 is 9.74 Å². The average molecular weight is 212 g/mol. The van der Waals surface area contributed by atoms with Crippen molar-refractivity contribution in [3.63, 3.8) is 0 Å². The first kappa shape index (κ1) is 11.9. The largest absolute Gasteiger partial charge is 0.377 e. The Kier molecular flexibility index (Phi) is 4.05. The molecule has 0 fully saturated rings. The molecule has 15 heavy (non-hydrogen) atoms. The van der Waals surface area contributed by atoms with Gasteiger partial charge in [-0.1, -0.05) is 13.0 Å². The van der Waals surface area contributed by atoms with Gasteiger partial charge in [-0.2, -0.15) is 0 Å². The highest BCUT2D eigenvalue weighted by Crippen LogP contribution is 2.27. The minimum Gasteiger partial charge on any atom is -0.377 e. The molecule has 4 heteroatoms. The van der Waals surface area contributed by atoms with Gasteiger partial charge in [0.25, 0.3) is 0 Å². The van der Waals surface area contributed by atoms with Crippen LogP contribution in [-0.4, -0.2) is 20.7 Å². The van der Waals surface area contributed by atoms with Crippen LogP contribution in [0.3, 0.4) is 0 Å². The summed E-state index contributed by atoms with van der Waals surface area (Å²) in [6.45, 7) is 2.42. The minimum atomic E-state index is -0.233. The van der Waals surface area contributed by atoms with Crippen molar-refractivity contribution in [2.75, 3.05) is 25.6 Å². The molecule has 0 amide bonds. The summed E-state index contributed by atoms with van der Waals surface area (Å²) in [4.78, 5) is 6.49. The fraction of sp³-hybridized carbons (Fsp3) is 0.455. The second-order valence-corrected chi connectivity index (χ2v) is 3.83. The van der Waals surface area contributed by atoms with Crippen molar-refractivity contribution < 1.29 is 9.23 Å². The normalized spacial score (nSPS) is 12.6. The lowest BCUT2D eigenvalue weighted by Crippen LogP contribution is -2.15. The number of anilines is 1. The van der Waals surface area contributed by atoms with Crippen molar-refractivity contribution in [3.8, 4) is 0 Å². The molecule has 0 radical (unpaired) electrons. The highest BCUT2D eigenvalue weighted by atomic mass is 19.1. The zero-order valence-electron chi connectivity index (χ0n) is 9.33. The number of benzene rings is 1. The molecule has 3 nitrogen and oxygen atoms in total. The van der Waals surface area contributed by atoms with E-state index in [0.29, 0.717) is 6.61 Å². The number of rotatable bonds is 4.